The van der Waals surface area contributed by atoms with Crippen LogP contribution in [0.1, 0.15) is 31.4 Å². The fraction of sp³-hybridized carbons (Fsp3) is 0.472. The minimum atomic E-state index is -4.10. The van der Waals surface area contributed by atoms with Crippen molar-refractivity contribution < 1.29 is 42.0 Å². The summed E-state index contributed by atoms with van der Waals surface area (Å²) >= 11 is 0. The maximum absolute atomic E-state index is 14.2. The van der Waals surface area contributed by atoms with Crippen molar-refractivity contribution in [1.82, 2.24) is 9.62 Å². The molecular weight excluding hydrogens is 664 g/mol. The summed E-state index contributed by atoms with van der Waals surface area (Å²) in [6.45, 7) is 5.15. The lowest BCUT2D eigenvalue weighted by molar-refractivity contribution is -0.0907. The Kier molecular flexibility index (Phi) is 11.3. The van der Waals surface area contributed by atoms with Gasteiger partial charge in [-0.3, -0.25) is 0 Å². The summed E-state index contributed by atoms with van der Waals surface area (Å²) in [4.78, 5) is 13.2. The number of nitrogen functional groups attached to an aromatic ring is 1. The number of sulfonamides is 1. The van der Waals surface area contributed by atoms with E-state index in [9.17, 15) is 18.3 Å². The molecule has 0 spiro atoms. The smallest absolute Gasteiger partial charge is 0.407 e. The minimum Gasteiger partial charge on any atom is -0.454 e. The normalized spacial score (nSPS) is 20.9. The molecule has 2 saturated heterocycles. The molecule has 3 aromatic carbocycles. The topological polar surface area (TPSA) is 171 Å². The zero-order valence-electron chi connectivity index (χ0n) is 28.3. The summed E-state index contributed by atoms with van der Waals surface area (Å²) in [6, 6.07) is 18.8. The van der Waals surface area contributed by atoms with Crippen molar-refractivity contribution in [1.29, 1.82) is 0 Å². The highest BCUT2D eigenvalue weighted by Gasteiger charge is 2.44. The van der Waals surface area contributed by atoms with Gasteiger partial charge in [-0.05, 0) is 66.6 Å². The van der Waals surface area contributed by atoms with Crippen molar-refractivity contribution in [3.05, 3.63) is 77.9 Å². The second-order valence-electron chi connectivity index (χ2n) is 13.3. The number of aliphatic hydroxyl groups excluding tert-OH is 1. The molecule has 0 unspecified atom stereocenters. The standard InChI is InChI=1S/C36H46N4O9S/c1-23(2)19-40(50(43,44)26-9-10-28(37)29(18-26)38-14-12-25-8-11-32-33(17-25)48-22-47-32)20-31(41)30(16-24-6-4-3-5-7-24)39-36(42)49-34-21-46-35-27(34)13-15-45-35/h3-11,17-18,23,27,30-31,34-35,38,41H,12-16,19-22,37H2,1-2H3,(H,39,42)/t27-,30-,31+,34-,35+/m0/s1. The Hall–Kier alpha value is -4.08. The number of hydrogen-bond donors (Lipinski definition) is 4. The number of alkyl carbamates (subject to hydrolysis) is 1. The molecule has 3 aromatic rings. The number of nitrogens with two attached hydrogens (primary N) is 1. The molecule has 0 aliphatic carbocycles. The number of benzene rings is 3. The Bertz CT molecular complexity index is 1730. The third-order valence-corrected chi connectivity index (χ3v) is 10.9. The number of nitrogens with one attached hydrogen (secondary N) is 2. The van der Waals surface area contributed by atoms with Crippen LogP contribution in [-0.2, 0) is 37.1 Å². The van der Waals surface area contributed by atoms with Crippen molar-refractivity contribution in [2.45, 2.75) is 62.5 Å². The molecule has 0 radical (unpaired) electrons. The van der Waals surface area contributed by atoms with Gasteiger partial charge < -0.3 is 45.2 Å². The van der Waals surface area contributed by atoms with Crippen LogP contribution in [0.4, 0.5) is 16.2 Å². The Morgan fingerprint density at radius 1 is 1.02 bits per heavy atom. The largest absolute Gasteiger partial charge is 0.454 e. The van der Waals surface area contributed by atoms with Gasteiger partial charge in [-0.25, -0.2) is 13.2 Å². The Labute approximate surface area is 293 Å². The number of fused-ring (bicyclic) bond motifs is 2. The molecule has 270 valence electrons. The summed E-state index contributed by atoms with van der Waals surface area (Å²) in [5.74, 6) is 1.30. The highest BCUT2D eigenvalue weighted by molar-refractivity contribution is 7.89. The zero-order valence-corrected chi connectivity index (χ0v) is 29.1. The number of ether oxygens (including phenoxy) is 5. The average molecular weight is 711 g/mol. The lowest BCUT2D eigenvalue weighted by Gasteiger charge is -2.31. The summed E-state index contributed by atoms with van der Waals surface area (Å²) in [5.41, 5.74) is 9.02. The monoisotopic (exact) mass is 710 g/mol. The second-order valence-corrected chi connectivity index (χ2v) is 15.2. The molecular formula is C36H46N4O9S. The maximum atomic E-state index is 14.2. The van der Waals surface area contributed by atoms with Crippen LogP contribution in [0.5, 0.6) is 11.5 Å². The van der Waals surface area contributed by atoms with E-state index in [1.54, 1.807) is 6.07 Å². The number of carbonyl (C=O) groups excluding carboxylic acids is 1. The Morgan fingerprint density at radius 2 is 1.82 bits per heavy atom. The van der Waals surface area contributed by atoms with Gasteiger partial charge in [-0.2, -0.15) is 4.31 Å². The first-order valence-electron chi connectivity index (χ1n) is 17.0. The van der Waals surface area contributed by atoms with Crippen LogP contribution in [0.2, 0.25) is 0 Å². The molecule has 14 heteroatoms. The van der Waals surface area contributed by atoms with E-state index in [4.69, 9.17) is 29.4 Å². The van der Waals surface area contributed by atoms with Crippen molar-refractivity contribution >= 4 is 27.5 Å². The number of amides is 1. The van der Waals surface area contributed by atoms with Crippen molar-refractivity contribution in [3.8, 4) is 11.5 Å². The SMILES string of the molecule is CC(C)CN(C[C@@H](O)[C@H](Cc1ccccc1)NC(=O)O[C@H]1CO[C@H]2OCC[C@H]21)S(=O)(=O)c1ccc(N)c(NCCc2ccc3c(c2)OCO3)c1. The van der Waals surface area contributed by atoms with Gasteiger partial charge in [0.15, 0.2) is 17.8 Å². The van der Waals surface area contributed by atoms with Crippen LogP contribution >= 0.6 is 0 Å². The molecule has 13 nitrogen and oxygen atoms in total. The van der Waals surface area contributed by atoms with E-state index in [0.29, 0.717) is 42.4 Å². The fourth-order valence-electron chi connectivity index (χ4n) is 6.47. The highest BCUT2D eigenvalue weighted by atomic mass is 32.2. The second kappa shape index (κ2) is 15.9. The molecule has 5 N–H and O–H groups in total. The zero-order chi connectivity index (χ0) is 35.3. The van der Waals surface area contributed by atoms with Crippen LogP contribution < -0.4 is 25.8 Å². The third kappa shape index (κ3) is 8.61. The van der Waals surface area contributed by atoms with E-state index in [-0.39, 0.29) is 55.9 Å². The van der Waals surface area contributed by atoms with Crippen molar-refractivity contribution in [3.63, 3.8) is 0 Å². The van der Waals surface area contributed by atoms with Crippen LogP contribution in [-0.4, -0.2) is 88.1 Å². The van der Waals surface area contributed by atoms with Gasteiger partial charge in [0.2, 0.25) is 16.8 Å². The van der Waals surface area contributed by atoms with Crippen molar-refractivity contribution in [2.75, 3.05) is 50.7 Å². The van der Waals surface area contributed by atoms with Gasteiger partial charge >= 0.3 is 6.09 Å². The van der Waals surface area contributed by atoms with E-state index in [2.05, 4.69) is 10.6 Å². The summed E-state index contributed by atoms with van der Waals surface area (Å²) < 4.78 is 57.4. The van der Waals surface area contributed by atoms with Crippen LogP contribution in [0.15, 0.2) is 71.6 Å². The number of anilines is 2. The molecule has 0 saturated carbocycles. The van der Waals surface area contributed by atoms with Gasteiger partial charge in [0.05, 0.1) is 47.5 Å². The van der Waals surface area contributed by atoms with Gasteiger partial charge in [0.25, 0.3) is 0 Å². The third-order valence-electron chi connectivity index (χ3n) is 9.10. The number of carbonyl (C=O) groups is 1. The van der Waals surface area contributed by atoms with Gasteiger partial charge in [0, 0.05) is 19.6 Å². The molecule has 6 rings (SSSR count). The first kappa shape index (κ1) is 35.7. The lowest BCUT2D eigenvalue weighted by atomic mass is 10.0. The molecule has 1 amide bonds. The fourth-order valence-corrected chi connectivity index (χ4v) is 8.12. The first-order chi connectivity index (χ1) is 24.1. The molecule has 5 atom stereocenters. The van der Waals surface area contributed by atoms with Crippen molar-refractivity contribution in [2.24, 2.45) is 11.8 Å². The Balaban J connectivity index is 1.15. The number of aliphatic hydroxyl groups is 1. The number of hydrogen-bond acceptors (Lipinski definition) is 11. The van der Waals surface area contributed by atoms with Crippen LogP contribution in [0, 0.1) is 11.8 Å². The highest BCUT2D eigenvalue weighted by Crippen LogP contribution is 2.34. The molecule has 3 aliphatic heterocycles. The minimum absolute atomic E-state index is 0.0340. The van der Waals surface area contributed by atoms with E-state index >= 15 is 0 Å². The predicted octanol–water partition coefficient (Wildman–Crippen LogP) is 3.76. The quantitative estimate of drug-likeness (QED) is 0.169. The van der Waals surface area contributed by atoms with Crippen LogP contribution in [0.25, 0.3) is 0 Å². The number of nitrogens with zero attached hydrogens (tertiary/aromatic N) is 1. The van der Waals surface area contributed by atoms with E-state index in [1.807, 2.05) is 62.4 Å². The Morgan fingerprint density at radius 3 is 2.62 bits per heavy atom. The molecule has 0 bridgehead atoms. The molecule has 3 heterocycles. The molecule has 50 heavy (non-hydrogen) atoms. The maximum Gasteiger partial charge on any atom is 0.407 e. The molecule has 3 aliphatic rings. The predicted molar refractivity (Wildman–Crippen MR) is 186 cm³/mol. The lowest BCUT2D eigenvalue weighted by Crippen LogP contribution is -2.51. The van der Waals surface area contributed by atoms with Crippen LogP contribution in [0.3, 0.4) is 0 Å². The molecule has 0 aromatic heterocycles. The van der Waals surface area contributed by atoms with E-state index < -0.39 is 34.4 Å². The summed E-state index contributed by atoms with van der Waals surface area (Å²) in [7, 11) is -4.10. The summed E-state index contributed by atoms with van der Waals surface area (Å²) in [6.07, 6.45) is -1.22. The van der Waals surface area contributed by atoms with E-state index in [1.165, 1.54) is 16.4 Å². The summed E-state index contributed by atoms with van der Waals surface area (Å²) in [5, 5.41) is 17.7. The van der Waals surface area contributed by atoms with Gasteiger partial charge in [-0.15, -0.1) is 0 Å². The number of rotatable bonds is 15. The van der Waals surface area contributed by atoms with Gasteiger partial charge in [0.1, 0.15) is 6.10 Å². The van der Waals surface area contributed by atoms with E-state index in [0.717, 1.165) is 17.5 Å². The van der Waals surface area contributed by atoms with Gasteiger partial charge in [-0.1, -0.05) is 50.2 Å². The first-order valence-corrected chi connectivity index (χ1v) is 18.4. The average Bonchev–Trinajstić information content (AvgIpc) is 3.84. The molecule has 2 fully saturated rings.